The zero-order chi connectivity index (χ0) is 29.1. The predicted octanol–water partition coefficient (Wildman–Crippen LogP) is 6.32. The molecule has 1 fully saturated rings. The fourth-order valence-electron chi connectivity index (χ4n) is 4.79. The van der Waals surface area contributed by atoms with Gasteiger partial charge in [0.15, 0.2) is 11.6 Å². The first-order valence-corrected chi connectivity index (χ1v) is 14.8. The van der Waals surface area contributed by atoms with Crippen LogP contribution in [-0.4, -0.2) is 52.3 Å². The van der Waals surface area contributed by atoms with Crippen LogP contribution in [0.15, 0.2) is 42.9 Å². The molecule has 0 bridgehead atoms. The van der Waals surface area contributed by atoms with Gasteiger partial charge in [0.2, 0.25) is 5.95 Å². The van der Waals surface area contributed by atoms with Crippen LogP contribution in [0.2, 0.25) is 0 Å². The van der Waals surface area contributed by atoms with Gasteiger partial charge in [0, 0.05) is 30.6 Å². The lowest BCUT2D eigenvalue weighted by Gasteiger charge is -2.24. The van der Waals surface area contributed by atoms with Gasteiger partial charge < -0.3 is 25.0 Å². The molecule has 11 heteroatoms. The standard InChI is InChI=1S/C30H36N8O2S/c1-18-9-10-19(28(39)35-22-14-20(30(2,3)4)15-23(37-41-6)26(22)40-5)13-21(18)34-27-25-24(32-17-33-27)16-31-29(36-25)38-11-7-8-12-38/h9-10,13-17,37H,7-8,11-12H2,1-6H3,(H,35,39)(H,32,33,34). The number of hydrogen-bond donors (Lipinski definition) is 3. The van der Waals surface area contributed by atoms with Gasteiger partial charge in [-0.2, -0.15) is 0 Å². The van der Waals surface area contributed by atoms with Crippen molar-refractivity contribution in [1.82, 2.24) is 19.9 Å². The summed E-state index contributed by atoms with van der Waals surface area (Å²) < 4.78 is 8.99. The Balaban J connectivity index is 1.46. The van der Waals surface area contributed by atoms with E-state index >= 15 is 0 Å². The summed E-state index contributed by atoms with van der Waals surface area (Å²) in [6.07, 6.45) is 7.44. The molecule has 10 nitrogen and oxygen atoms in total. The monoisotopic (exact) mass is 572 g/mol. The van der Waals surface area contributed by atoms with Crippen LogP contribution in [0.25, 0.3) is 11.0 Å². The minimum absolute atomic E-state index is 0.125. The molecule has 1 aliphatic rings. The maximum Gasteiger partial charge on any atom is 0.255 e. The summed E-state index contributed by atoms with van der Waals surface area (Å²) in [5.41, 5.74) is 5.84. The normalized spacial score (nSPS) is 13.4. The first-order valence-electron chi connectivity index (χ1n) is 13.6. The van der Waals surface area contributed by atoms with E-state index < -0.39 is 0 Å². The number of rotatable bonds is 8. The van der Waals surface area contributed by atoms with Crippen molar-refractivity contribution >= 4 is 57.7 Å². The van der Waals surface area contributed by atoms with Crippen LogP contribution in [0.5, 0.6) is 5.75 Å². The van der Waals surface area contributed by atoms with E-state index in [-0.39, 0.29) is 11.3 Å². The number of nitrogens with one attached hydrogen (secondary N) is 3. The molecule has 1 aliphatic heterocycles. The molecule has 0 atom stereocenters. The van der Waals surface area contributed by atoms with E-state index in [2.05, 4.69) is 62.0 Å². The van der Waals surface area contributed by atoms with Crippen LogP contribution < -0.4 is 25.0 Å². The van der Waals surface area contributed by atoms with E-state index in [0.717, 1.165) is 48.4 Å². The number of aromatic nitrogens is 4. The topological polar surface area (TPSA) is 117 Å². The maximum atomic E-state index is 13.6. The third kappa shape index (κ3) is 6.14. The van der Waals surface area contributed by atoms with E-state index in [0.29, 0.717) is 39.8 Å². The van der Waals surface area contributed by atoms with Gasteiger partial charge in [-0.1, -0.05) is 38.8 Å². The van der Waals surface area contributed by atoms with Crippen molar-refractivity contribution in [2.45, 2.75) is 46.0 Å². The summed E-state index contributed by atoms with van der Waals surface area (Å²) in [5, 5.41) is 6.47. The smallest absolute Gasteiger partial charge is 0.255 e. The summed E-state index contributed by atoms with van der Waals surface area (Å²) in [6, 6.07) is 9.57. The van der Waals surface area contributed by atoms with Crippen molar-refractivity contribution in [1.29, 1.82) is 0 Å². The van der Waals surface area contributed by atoms with Crippen molar-refractivity contribution < 1.29 is 9.53 Å². The maximum absolute atomic E-state index is 13.6. The van der Waals surface area contributed by atoms with Crippen LogP contribution in [-0.2, 0) is 5.41 Å². The predicted molar refractivity (Wildman–Crippen MR) is 168 cm³/mol. The second kappa shape index (κ2) is 11.8. The summed E-state index contributed by atoms with van der Waals surface area (Å²) in [6.45, 7) is 10.3. The lowest BCUT2D eigenvalue weighted by atomic mass is 9.86. The Bertz CT molecular complexity index is 1580. The Morgan fingerprint density at radius 1 is 1.02 bits per heavy atom. The fraction of sp³-hybridized carbons (Fsp3) is 0.367. The van der Waals surface area contributed by atoms with Gasteiger partial charge in [-0.3, -0.25) is 4.79 Å². The van der Waals surface area contributed by atoms with E-state index in [1.807, 2.05) is 37.4 Å². The molecule has 0 aliphatic carbocycles. The fourth-order valence-corrected chi connectivity index (χ4v) is 5.16. The molecule has 3 heterocycles. The Kier molecular flexibility index (Phi) is 8.16. The molecular formula is C30H36N8O2S. The highest BCUT2D eigenvalue weighted by molar-refractivity contribution is 7.99. The zero-order valence-corrected chi connectivity index (χ0v) is 25.1. The highest BCUT2D eigenvalue weighted by Crippen LogP contribution is 2.40. The van der Waals surface area contributed by atoms with Crippen LogP contribution >= 0.6 is 11.9 Å². The van der Waals surface area contributed by atoms with E-state index in [1.54, 1.807) is 13.3 Å². The van der Waals surface area contributed by atoms with Gasteiger partial charge in [-0.25, -0.2) is 19.9 Å². The second-order valence-corrected chi connectivity index (χ2v) is 11.7. The van der Waals surface area contributed by atoms with Gasteiger partial charge in [0.1, 0.15) is 17.4 Å². The summed E-state index contributed by atoms with van der Waals surface area (Å²) in [4.78, 5) is 33.9. The molecule has 214 valence electrons. The van der Waals surface area contributed by atoms with E-state index in [1.165, 1.54) is 18.3 Å². The highest BCUT2D eigenvalue weighted by atomic mass is 32.2. The first kappa shape index (κ1) is 28.4. The van der Waals surface area contributed by atoms with Crippen molar-refractivity contribution in [2.75, 3.05) is 46.7 Å². The number of carbonyl (C=O) groups is 1. The van der Waals surface area contributed by atoms with Gasteiger partial charge in [0.25, 0.3) is 5.91 Å². The SMILES string of the molecule is COc1c(NSC)cc(C(C)(C)C)cc1NC(=O)c1ccc(C)c(Nc2ncnc3cnc(N4CCCC4)nc23)c1. The number of methoxy groups -OCH3 is 1. The highest BCUT2D eigenvalue weighted by Gasteiger charge is 2.22. The molecule has 4 aromatic rings. The minimum Gasteiger partial charge on any atom is -0.492 e. The number of amides is 1. The Morgan fingerprint density at radius 2 is 1.78 bits per heavy atom. The first-order chi connectivity index (χ1) is 19.7. The van der Waals surface area contributed by atoms with Crippen molar-refractivity contribution in [3.63, 3.8) is 0 Å². The summed E-state index contributed by atoms with van der Waals surface area (Å²) >= 11 is 1.47. The van der Waals surface area contributed by atoms with Gasteiger partial charge in [-0.15, -0.1) is 0 Å². The number of carbonyl (C=O) groups excluding carboxylic acids is 1. The third-order valence-corrected chi connectivity index (χ3v) is 7.55. The molecule has 2 aromatic carbocycles. The number of anilines is 5. The van der Waals surface area contributed by atoms with Gasteiger partial charge in [-0.05, 0) is 60.6 Å². The molecule has 0 radical (unpaired) electrons. The third-order valence-electron chi connectivity index (χ3n) is 7.13. The van der Waals surface area contributed by atoms with Crippen LogP contribution in [0, 0.1) is 6.92 Å². The van der Waals surface area contributed by atoms with Gasteiger partial charge in [0.05, 0.1) is 24.7 Å². The molecule has 0 spiro atoms. The number of hydrogen-bond acceptors (Lipinski definition) is 10. The van der Waals surface area contributed by atoms with Crippen LogP contribution in [0.3, 0.4) is 0 Å². The van der Waals surface area contributed by atoms with Crippen LogP contribution in [0.1, 0.15) is 55.1 Å². The van der Waals surface area contributed by atoms with Crippen molar-refractivity contribution in [3.05, 3.63) is 59.5 Å². The lowest BCUT2D eigenvalue weighted by Crippen LogP contribution is -2.20. The summed E-state index contributed by atoms with van der Waals surface area (Å²) in [5.74, 6) is 1.57. The molecule has 1 saturated heterocycles. The molecule has 5 rings (SSSR count). The average molecular weight is 573 g/mol. The average Bonchev–Trinajstić information content (AvgIpc) is 3.49. The number of ether oxygens (including phenoxy) is 1. The number of benzene rings is 2. The van der Waals surface area contributed by atoms with E-state index in [9.17, 15) is 4.79 Å². The lowest BCUT2D eigenvalue weighted by molar-refractivity contribution is 0.102. The molecule has 2 aromatic heterocycles. The van der Waals surface area contributed by atoms with Crippen molar-refractivity contribution in [3.8, 4) is 5.75 Å². The Labute approximate surface area is 244 Å². The Morgan fingerprint density at radius 3 is 2.49 bits per heavy atom. The minimum atomic E-state index is -0.251. The number of nitrogens with zero attached hydrogens (tertiary/aromatic N) is 5. The van der Waals surface area contributed by atoms with Crippen molar-refractivity contribution in [2.24, 2.45) is 0 Å². The Hall–Kier alpha value is -4.12. The molecule has 0 saturated carbocycles. The molecule has 0 unspecified atom stereocenters. The molecule has 3 N–H and O–H groups in total. The molecule has 1 amide bonds. The largest absolute Gasteiger partial charge is 0.492 e. The second-order valence-electron chi connectivity index (χ2n) is 11.1. The van der Waals surface area contributed by atoms with Crippen LogP contribution in [0.4, 0.5) is 28.8 Å². The quantitative estimate of drug-likeness (QED) is 0.207. The number of fused-ring (bicyclic) bond motifs is 1. The zero-order valence-electron chi connectivity index (χ0n) is 24.3. The van der Waals surface area contributed by atoms with E-state index in [4.69, 9.17) is 9.72 Å². The molecular weight excluding hydrogens is 536 g/mol. The van der Waals surface area contributed by atoms with Gasteiger partial charge >= 0.3 is 0 Å². The molecule has 41 heavy (non-hydrogen) atoms. The summed E-state index contributed by atoms with van der Waals surface area (Å²) in [7, 11) is 1.60. The number of aryl methyl sites for hydroxylation is 1.